The predicted molar refractivity (Wildman–Crippen MR) is 57.7 cm³/mol. The number of morpholine rings is 1. The number of rotatable bonds is 3. The van der Waals surface area contributed by atoms with E-state index in [-0.39, 0.29) is 12.7 Å². The Morgan fingerprint density at radius 2 is 2.13 bits per heavy atom. The second kappa shape index (κ2) is 5.26. The minimum absolute atomic E-state index is 0.0254. The molecule has 1 aromatic carbocycles. The standard InChI is InChI=1S/C12H17NO2/c14-10-12-9-13(6-7-15-12)8-11-4-2-1-3-5-11/h1-5,12,14H,6-10H2/p+1/t12-/m1/s1. The fourth-order valence-electron chi connectivity index (χ4n) is 2.02. The average molecular weight is 208 g/mol. The van der Waals surface area contributed by atoms with Crippen LogP contribution in [0, 0.1) is 0 Å². The van der Waals surface area contributed by atoms with E-state index in [0.29, 0.717) is 0 Å². The van der Waals surface area contributed by atoms with Gasteiger partial charge < -0.3 is 14.7 Å². The van der Waals surface area contributed by atoms with E-state index in [4.69, 9.17) is 9.84 Å². The predicted octanol–water partition coefficient (Wildman–Crippen LogP) is -0.537. The summed E-state index contributed by atoms with van der Waals surface area (Å²) in [6.45, 7) is 3.86. The molecular weight excluding hydrogens is 190 g/mol. The number of aliphatic hydroxyl groups is 1. The van der Waals surface area contributed by atoms with Gasteiger partial charge in [0.1, 0.15) is 25.7 Å². The first-order valence-corrected chi connectivity index (χ1v) is 5.48. The second-order valence-electron chi connectivity index (χ2n) is 4.04. The molecule has 1 heterocycles. The Balaban J connectivity index is 1.89. The van der Waals surface area contributed by atoms with Crippen molar-refractivity contribution in [1.82, 2.24) is 0 Å². The molecule has 2 atom stereocenters. The monoisotopic (exact) mass is 208 g/mol. The number of hydrogen-bond donors (Lipinski definition) is 2. The van der Waals surface area contributed by atoms with Crippen LogP contribution in [0.5, 0.6) is 0 Å². The highest BCUT2D eigenvalue weighted by atomic mass is 16.5. The minimum atomic E-state index is 0.0254. The highest BCUT2D eigenvalue weighted by Crippen LogP contribution is 1.97. The lowest BCUT2D eigenvalue weighted by atomic mass is 10.2. The molecule has 1 unspecified atom stereocenters. The van der Waals surface area contributed by atoms with Crippen LogP contribution in [-0.4, -0.2) is 37.5 Å². The first-order chi connectivity index (χ1) is 7.38. The summed E-state index contributed by atoms with van der Waals surface area (Å²) in [5, 5.41) is 9.04. The maximum atomic E-state index is 9.04. The van der Waals surface area contributed by atoms with Gasteiger partial charge in [-0.25, -0.2) is 0 Å². The molecule has 1 fully saturated rings. The topological polar surface area (TPSA) is 33.9 Å². The van der Waals surface area contributed by atoms with Crippen LogP contribution in [0.1, 0.15) is 5.56 Å². The van der Waals surface area contributed by atoms with Gasteiger partial charge in [0.05, 0.1) is 13.2 Å². The molecule has 15 heavy (non-hydrogen) atoms. The van der Waals surface area contributed by atoms with Crippen LogP contribution in [0.15, 0.2) is 30.3 Å². The summed E-state index contributed by atoms with van der Waals surface area (Å²) in [6.07, 6.45) is 0.0254. The first kappa shape index (κ1) is 10.6. The maximum Gasteiger partial charge on any atom is 0.129 e. The van der Waals surface area contributed by atoms with E-state index in [9.17, 15) is 0 Å². The van der Waals surface area contributed by atoms with Gasteiger partial charge in [0.25, 0.3) is 0 Å². The van der Waals surface area contributed by atoms with Crippen molar-refractivity contribution in [3.63, 3.8) is 0 Å². The summed E-state index contributed by atoms with van der Waals surface area (Å²) < 4.78 is 5.42. The molecule has 0 bridgehead atoms. The largest absolute Gasteiger partial charge is 0.393 e. The lowest BCUT2D eigenvalue weighted by molar-refractivity contribution is -0.925. The number of ether oxygens (including phenoxy) is 1. The molecular formula is C12H18NO2+. The van der Waals surface area contributed by atoms with Crippen LogP contribution in [-0.2, 0) is 11.3 Å². The van der Waals surface area contributed by atoms with Gasteiger partial charge in [-0.05, 0) is 0 Å². The molecule has 3 heteroatoms. The van der Waals surface area contributed by atoms with Crippen LogP contribution in [0.2, 0.25) is 0 Å². The third-order valence-corrected chi connectivity index (χ3v) is 2.83. The molecule has 1 aliphatic rings. The Bertz CT molecular complexity index is 289. The van der Waals surface area contributed by atoms with Crippen LogP contribution in [0.3, 0.4) is 0 Å². The molecule has 0 saturated carbocycles. The summed E-state index contributed by atoms with van der Waals surface area (Å²) in [6, 6.07) is 10.5. The molecule has 3 nitrogen and oxygen atoms in total. The van der Waals surface area contributed by atoms with Crippen molar-refractivity contribution in [2.24, 2.45) is 0 Å². The van der Waals surface area contributed by atoms with Crippen molar-refractivity contribution in [3.8, 4) is 0 Å². The molecule has 0 aromatic heterocycles. The first-order valence-electron chi connectivity index (χ1n) is 5.48. The van der Waals surface area contributed by atoms with Crippen molar-refractivity contribution in [2.75, 3.05) is 26.3 Å². The number of nitrogens with one attached hydrogen (secondary N) is 1. The zero-order valence-corrected chi connectivity index (χ0v) is 8.86. The Kier molecular flexibility index (Phi) is 3.72. The normalized spacial score (nSPS) is 26.5. The van der Waals surface area contributed by atoms with E-state index in [0.717, 1.165) is 26.2 Å². The number of hydrogen-bond acceptors (Lipinski definition) is 2. The third-order valence-electron chi connectivity index (χ3n) is 2.83. The zero-order valence-electron chi connectivity index (χ0n) is 8.86. The van der Waals surface area contributed by atoms with Crippen LogP contribution < -0.4 is 4.90 Å². The van der Waals surface area contributed by atoms with Crippen molar-refractivity contribution in [1.29, 1.82) is 0 Å². The van der Waals surface area contributed by atoms with Gasteiger partial charge in [-0.2, -0.15) is 0 Å². The zero-order chi connectivity index (χ0) is 10.5. The van der Waals surface area contributed by atoms with Crippen molar-refractivity contribution < 1.29 is 14.7 Å². The van der Waals surface area contributed by atoms with E-state index in [1.807, 2.05) is 6.07 Å². The summed E-state index contributed by atoms with van der Waals surface area (Å²) in [7, 11) is 0. The van der Waals surface area contributed by atoms with Gasteiger partial charge in [-0.15, -0.1) is 0 Å². The molecule has 1 aromatic rings. The highest BCUT2D eigenvalue weighted by Gasteiger charge is 2.22. The fourth-order valence-corrected chi connectivity index (χ4v) is 2.02. The SMILES string of the molecule is OC[C@H]1C[NH+](Cc2ccccc2)CCO1. The van der Waals surface area contributed by atoms with Crippen molar-refractivity contribution >= 4 is 0 Å². The maximum absolute atomic E-state index is 9.04. The summed E-state index contributed by atoms with van der Waals surface area (Å²) in [5.74, 6) is 0. The third kappa shape index (κ3) is 3.02. The molecule has 2 rings (SSSR count). The van der Waals surface area contributed by atoms with Gasteiger partial charge in [0, 0.05) is 5.56 Å². The quantitative estimate of drug-likeness (QED) is 0.700. The average Bonchev–Trinajstić information content (AvgIpc) is 2.31. The van der Waals surface area contributed by atoms with Gasteiger partial charge >= 0.3 is 0 Å². The van der Waals surface area contributed by atoms with Crippen LogP contribution in [0.4, 0.5) is 0 Å². The summed E-state index contributed by atoms with van der Waals surface area (Å²) in [4.78, 5) is 1.49. The van der Waals surface area contributed by atoms with E-state index in [1.54, 1.807) is 0 Å². The summed E-state index contributed by atoms with van der Waals surface area (Å²) in [5.41, 5.74) is 1.35. The summed E-state index contributed by atoms with van der Waals surface area (Å²) >= 11 is 0. The molecule has 1 aliphatic heterocycles. The van der Waals surface area contributed by atoms with Gasteiger partial charge in [-0.3, -0.25) is 0 Å². The Morgan fingerprint density at radius 1 is 1.33 bits per heavy atom. The Hall–Kier alpha value is -0.900. The second-order valence-corrected chi connectivity index (χ2v) is 4.04. The van der Waals surface area contributed by atoms with Crippen molar-refractivity contribution in [3.05, 3.63) is 35.9 Å². The van der Waals surface area contributed by atoms with Gasteiger partial charge in [0.15, 0.2) is 0 Å². The minimum Gasteiger partial charge on any atom is -0.393 e. The highest BCUT2D eigenvalue weighted by molar-refractivity contribution is 5.13. The van der Waals surface area contributed by atoms with Gasteiger partial charge in [0.2, 0.25) is 0 Å². The van der Waals surface area contributed by atoms with Crippen LogP contribution in [0.25, 0.3) is 0 Å². The number of quaternary nitrogens is 1. The molecule has 0 spiro atoms. The number of aliphatic hydroxyl groups excluding tert-OH is 1. The molecule has 0 amide bonds. The Morgan fingerprint density at radius 3 is 2.87 bits per heavy atom. The molecule has 82 valence electrons. The lowest BCUT2D eigenvalue weighted by Crippen LogP contribution is -3.13. The van der Waals surface area contributed by atoms with Crippen LogP contribution >= 0.6 is 0 Å². The van der Waals surface area contributed by atoms with E-state index in [1.165, 1.54) is 10.5 Å². The Labute approximate surface area is 90.3 Å². The molecule has 0 aliphatic carbocycles. The van der Waals surface area contributed by atoms with E-state index < -0.39 is 0 Å². The van der Waals surface area contributed by atoms with Gasteiger partial charge in [-0.1, -0.05) is 30.3 Å². The molecule has 2 N–H and O–H groups in total. The smallest absolute Gasteiger partial charge is 0.129 e. The molecule has 0 radical (unpaired) electrons. The van der Waals surface area contributed by atoms with E-state index >= 15 is 0 Å². The number of benzene rings is 1. The lowest BCUT2D eigenvalue weighted by Gasteiger charge is -2.29. The van der Waals surface area contributed by atoms with Crippen molar-refractivity contribution in [2.45, 2.75) is 12.6 Å². The molecule has 1 saturated heterocycles. The fraction of sp³-hybridized carbons (Fsp3) is 0.500. The van der Waals surface area contributed by atoms with E-state index in [2.05, 4.69) is 24.3 Å².